The first-order chi connectivity index (χ1) is 14.5. The van der Waals surface area contributed by atoms with Gasteiger partial charge in [-0.1, -0.05) is 30.3 Å². The van der Waals surface area contributed by atoms with Gasteiger partial charge in [0.2, 0.25) is 0 Å². The van der Waals surface area contributed by atoms with E-state index in [0.717, 1.165) is 0 Å². The summed E-state index contributed by atoms with van der Waals surface area (Å²) in [7, 11) is 0. The van der Waals surface area contributed by atoms with Gasteiger partial charge < -0.3 is 9.47 Å². The van der Waals surface area contributed by atoms with Crippen LogP contribution in [-0.2, 0) is 6.61 Å². The second-order valence-electron chi connectivity index (χ2n) is 6.33. The summed E-state index contributed by atoms with van der Waals surface area (Å²) >= 11 is 3.47. The van der Waals surface area contributed by atoms with Gasteiger partial charge in [0.1, 0.15) is 18.2 Å². The van der Waals surface area contributed by atoms with Gasteiger partial charge in [-0.3, -0.25) is 0 Å². The molecule has 0 heterocycles. The summed E-state index contributed by atoms with van der Waals surface area (Å²) < 4.78 is 39.7. The average molecular weight is 470 g/mol. The number of halogens is 3. The third kappa shape index (κ3) is 5.25. The molecular weight excluding hydrogens is 452 g/mol. The van der Waals surface area contributed by atoms with Gasteiger partial charge in [-0.05, 0) is 70.4 Å². The molecule has 30 heavy (non-hydrogen) atoms. The predicted octanol–water partition coefficient (Wildman–Crippen LogP) is 6.77. The molecule has 3 rings (SSSR count). The van der Waals surface area contributed by atoms with Crippen molar-refractivity contribution in [3.8, 4) is 17.6 Å². The number of nitrogens with zero attached hydrogens (tertiary/aromatic N) is 1. The number of ether oxygens (including phenoxy) is 2. The number of nitriles is 1. The molecule has 6 heteroatoms. The number of rotatable bonds is 7. The van der Waals surface area contributed by atoms with Gasteiger partial charge in [0.05, 0.1) is 22.7 Å². The van der Waals surface area contributed by atoms with E-state index in [-0.39, 0.29) is 23.6 Å². The van der Waals surface area contributed by atoms with Crippen LogP contribution >= 0.6 is 15.9 Å². The lowest BCUT2D eigenvalue weighted by Crippen LogP contribution is -2.01. The van der Waals surface area contributed by atoms with Gasteiger partial charge in [0.15, 0.2) is 11.5 Å². The molecule has 3 aromatic rings. The summed E-state index contributed by atoms with van der Waals surface area (Å²) in [6.45, 7) is 2.39. The number of allylic oxidation sites excluding steroid dienone is 1. The van der Waals surface area contributed by atoms with Crippen LogP contribution in [0.2, 0.25) is 0 Å². The first-order valence-electron chi connectivity index (χ1n) is 9.22. The topological polar surface area (TPSA) is 42.2 Å². The van der Waals surface area contributed by atoms with E-state index in [0.29, 0.717) is 33.7 Å². The van der Waals surface area contributed by atoms with Gasteiger partial charge in [0.25, 0.3) is 0 Å². The molecule has 0 spiro atoms. The third-order valence-electron chi connectivity index (χ3n) is 4.20. The van der Waals surface area contributed by atoms with Crippen LogP contribution in [0.5, 0.6) is 11.5 Å². The van der Waals surface area contributed by atoms with Gasteiger partial charge in [-0.15, -0.1) is 0 Å². The van der Waals surface area contributed by atoms with Crippen molar-refractivity contribution in [1.29, 1.82) is 5.26 Å². The van der Waals surface area contributed by atoms with Gasteiger partial charge >= 0.3 is 0 Å². The van der Waals surface area contributed by atoms with Crippen molar-refractivity contribution in [3.63, 3.8) is 0 Å². The fourth-order valence-electron chi connectivity index (χ4n) is 2.87. The fraction of sp³-hybridized carbons (Fsp3) is 0.125. The minimum atomic E-state index is -0.468. The molecule has 0 aliphatic rings. The van der Waals surface area contributed by atoms with E-state index in [1.807, 2.05) is 13.0 Å². The smallest absolute Gasteiger partial charge is 0.175 e. The molecule has 0 saturated heterocycles. The fourth-order valence-corrected chi connectivity index (χ4v) is 3.45. The molecular formula is C24H18BrF2NO2. The van der Waals surface area contributed by atoms with Gasteiger partial charge in [0, 0.05) is 5.56 Å². The molecule has 0 amide bonds. The van der Waals surface area contributed by atoms with Crippen LogP contribution in [0.1, 0.15) is 23.6 Å². The second-order valence-corrected chi connectivity index (χ2v) is 7.19. The molecule has 0 aliphatic carbocycles. The Morgan fingerprint density at radius 1 is 1.07 bits per heavy atom. The zero-order valence-corrected chi connectivity index (χ0v) is 17.7. The van der Waals surface area contributed by atoms with Crippen molar-refractivity contribution in [2.75, 3.05) is 6.61 Å². The van der Waals surface area contributed by atoms with E-state index >= 15 is 0 Å². The van der Waals surface area contributed by atoms with Gasteiger partial charge in [-0.25, -0.2) is 8.78 Å². The van der Waals surface area contributed by atoms with E-state index in [2.05, 4.69) is 15.9 Å². The molecule has 0 atom stereocenters. The monoisotopic (exact) mass is 469 g/mol. The molecule has 0 fully saturated rings. The Kier molecular flexibility index (Phi) is 7.21. The highest BCUT2D eigenvalue weighted by molar-refractivity contribution is 9.10. The van der Waals surface area contributed by atoms with Crippen molar-refractivity contribution < 1.29 is 18.3 Å². The highest BCUT2D eigenvalue weighted by Crippen LogP contribution is 2.38. The van der Waals surface area contributed by atoms with Crippen molar-refractivity contribution in [2.45, 2.75) is 13.5 Å². The van der Waals surface area contributed by atoms with Crippen LogP contribution in [0.25, 0.3) is 11.6 Å². The van der Waals surface area contributed by atoms with Crippen molar-refractivity contribution >= 4 is 27.6 Å². The van der Waals surface area contributed by atoms with Crippen LogP contribution in [0.3, 0.4) is 0 Å². The Morgan fingerprint density at radius 3 is 2.57 bits per heavy atom. The molecule has 0 aromatic heterocycles. The summed E-state index contributed by atoms with van der Waals surface area (Å²) in [5.41, 5.74) is 1.74. The zero-order chi connectivity index (χ0) is 21.5. The molecule has 0 N–H and O–H groups in total. The Labute approximate surface area is 182 Å². The van der Waals surface area contributed by atoms with E-state index in [9.17, 15) is 14.0 Å². The summed E-state index contributed by atoms with van der Waals surface area (Å²) in [5, 5.41) is 9.51. The Morgan fingerprint density at radius 2 is 1.87 bits per heavy atom. The molecule has 0 aliphatic heterocycles. The Bertz CT molecular complexity index is 1120. The minimum Gasteiger partial charge on any atom is -0.490 e. The zero-order valence-electron chi connectivity index (χ0n) is 16.2. The van der Waals surface area contributed by atoms with E-state index in [4.69, 9.17) is 9.47 Å². The molecule has 3 aromatic carbocycles. The standard InChI is InChI=1S/C24H18BrF2NO2/c1-2-29-23-13-17(10-18(14-28)20-8-3-4-9-22(20)27)12-21(25)24(23)30-15-16-6-5-7-19(26)11-16/h3-13H,2,15H2,1H3. The van der Waals surface area contributed by atoms with Crippen LogP contribution in [0.15, 0.2) is 65.1 Å². The van der Waals surface area contributed by atoms with E-state index in [1.54, 1.807) is 48.5 Å². The minimum absolute atomic E-state index is 0.157. The maximum absolute atomic E-state index is 14.1. The summed E-state index contributed by atoms with van der Waals surface area (Å²) in [5.74, 6) is 0.116. The highest BCUT2D eigenvalue weighted by Gasteiger charge is 2.14. The lowest BCUT2D eigenvalue weighted by molar-refractivity contribution is 0.267. The van der Waals surface area contributed by atoms with Crippen molar-refractivity contribution in [3.05, 3.63) is 93.5 Å². The number of hydrogen-bond donors (Lipinski definition) is 0. The third-order valence-corrected chi connectivity index (χ3v) is 4.79. The molecule has 152 valence electrons. The molecule has 0 saturated carbocycles. The largest absolute Gasteiger partial charge is 0.490 e. The SMILES string of the molecule is CCOc1cc(C=C(C#N)c2ccccc2F)cc(Br)c1OCc1cccc(F)c1. The van der Waals surface area contributed by atoms with Crippen molar-refractivity contribution in [1.82, 2.24) is 0 Å². The normalized spacial score (nSPS) is 11.1. The van der Waals surface area contributed by atoms with Crippen LogP contribution in [0.4, 0.5) is 8.78 Å². The first kappa shape index (κ1) is 21.5. The van der Waals surface area contributed by atoms with Crippen LogP contribution < -0.4 is 9.47 Å². The lowest BCUT2D eigenvalue weighted by atomic mass is 10.0. The second kappa shape index (κ2) is 10.0. The maximum atomic E-state index is 14.1. The average Bonchev–Trinajstić information content (AvgIpc) is 2.72. The van der Waals surface area contributed by atoms with Crippen LogP contribution in [-0.4, -0.2) is 6.61 Å². The number of benzene rings is 3. The maximum Gasteiger partial charge on any atom is 0.175 e. The quantitative estimate of drug-likeness (QED) is 0.283. The van der Waals surface area contributed by atoms with E-state index < -0.39 is 5.82 Å². The summed E-state index contributed by atoms with van der Waals surface area (Å²) in [6, 6.07) is 17.8. The van der Waals surface area contributed by atoms with Crippen molar-refractivity contribution in [2.24, 2.45) is 0 Å². The number of hydrogen-bond acceptors (Lipinski definition) is 3. The Hall–Kier alpha value is -3.17. The molecule has 0 unspecified atom stereocenters. The Balaban J connectivity index is 1.94. The van der Waals surface area contributed by atoms with Crippen LogP contribution in [0, 0.1) is 23.0 Å². The predicted molar refractivity (Wildman–Crippen MR) is 116 cm³/mol. The molecule has 3 nitrogen and oxygen atoms in total. The molecule has 0 radical (unpaired) electrons. The molecule has 0 bridgehead atoms. The lowest BCUT2D eigenvalue weighted by Gasteiger charge is -2.15. The van der Waals surface area contributed by atoms with E-state index in [1.165, 1.54) is 18.2 Å². The van der Waals surface area contributed by atoms with Gasteiger partial charge in [-0.2, -0.15) is 5.26 Å². The first-order valence-corrected chi connectivity index (χ1v) is 10.0. The highest BCUT2D eigenvalue weighted by atomic mass is 79.9. The summed E-state index contributed by atoms with van der Waals surface area (Å²) in [4.78, 5) is 0. The summed E-state index contributed by atoms with van der Waals surface area (Å²) in [6.07, 6.45) is 1.59.